The molecule has 2 N–H and O–H groups in total. The fourth-order valence-corrected chi connectivity index (χ4v) is 3.80. The van der Waals surface area contributed by atoms with Crippen LogP contribution < -0.4 is 5.46 Å². The van der Waals surface area contributed by atoms with Gasteiger partial charge in [-0.05, 0) is 45.6 Å². The summed E-state index contributed by atoms with van der Waals surface area (Å²) in [5, 5.41) is 21.2. The van der Waals surface area contributed by atoms with Gasteiger partial charge in [0.1, 0.15) is 0 Å². The highest BCUT2D eigenvalue weighted by molar-refractivity contribution is 6.58. The Bertz CT molecular complexity index is 1350. The van der Waals surface area contributed by atoms with Gasteiger partial charge in [0.2, 0.25) is 0 Å². The molecule has 148 valence electrons. The standard InChI is InChI=1S/C27H20BNO2/c30-28(31)25-14-12-20(13-15-25)24-17-26(21-7-2-1-3-8-21)29-27(18-24)23-11-10-19-6-4-5-9-22(19)16-23/h1-18,30-31H. The van der Waals surface area contributed by atoms with E-state index in [2.05, 4.69) is 54.6 Å². The number of rotatable bonds is 4. The zero-order valence-corrected chi connectivity index (χ0v) is 16.8. The first-order valence-electron chi connectivity index (χ1n) is 10.2. The molecule has 5 aromatic rings. The van der Waals surface area contributed by atoms with E-state index in [1.54, 1.807) is 12.1 Å². The Morgan fingerprint density at radius 2 is 1.10 bits per heavy atom. The van der Waals surface area contributed by atoms with Crippen LogP contribution in [0.2, 0.25) is 0 Å². The summed E-state index contributed by atoms with van der Waals surface area (Å²) in [6.45, 7) is 0. The molecular weight excluding hydrogens is 381 g/mol. The van der Waals surface area contributed by atoms with Crippen LogP contribution in [0.4, 0.5) is 0 Å². The third-order valence-electron chi connectivity index (χ3n) is 5.48. The van der Waals surface area contributed by atoms with Crippen LogP contribution in [0.15, 0.2) is 109 Å². The van der Waals surface area contributed by atoms with Crippen molar-refractivity contribution in [3.8, 4) is 33.6 Å². The molecule has 0 atom stereocenters. The molecule has 0 bridgehead atoms. The zero-order chi connectivity index (χ0) is 21.2. The average Bonchev–Trinajstić information content (AvgIpc) is 2.84. The van der Waals surface area contributed by atoms with Gasteiger partial charge in [-0.2, -0.15) is 0 Å². The van der Waals surface area contributed by atoms with E-state index in [4.69, 9.17) is 4.98 Å². The summed E-state index contributed by atoms with van der Waals surface area (Å²) in [5.41, 5.74) is 6.38. The summed E-state index contributed by atoms with van der Waals surface area (Å²) in [6, 6.07) is 36.3. The maximum Gasteiger partial charge on any atom is 0.488 e. The number of pyridine rings is 1. The lowest BCUT2D eigenvalue weighted by Gasteiger charge is -2.11. The molecule has 0 aliphatic heterocycles. The third kappa shape index (κ3) is 3.99. The third-order valence-corrected chi connectivity index (χ3v) is 5.48. The molecule has 31 heavy (non-hydrogen) atoms. The predicted molar refractivity (Wildman–Crippen MR) is 128 cm³/mol. The molecule has 0 aliphatic rings. The van der Waals surface area contributed by atoms with Gasteiger partial charge in [0.25, 0.3) is 0 Å². The van der Waals surface area contributed by atoms with Crippen molar-refractivity contribution < 1.29 is 10.0 Å². The van der Waals surface area contributed by atoms with Gasteiger partial charge in [0.05, 0.1) is 11.4 Å². The Morgan fingerprint density at radius 1 is 0.484 bits per heavy atom. The van der Waals surface area contributed by atoms with Gasteiger partial charge in [0.15, 0.2) is 0 Å². The van der Waals surface area contributed by atoms with Crippen molar-refractivity contribution in [2.24, 2.45) is 0 Å². The summed E-state index contributed by atoms with van der Waals surface area (Å²) in [4.78, 5) is 4.97. The van der Waals surface area contributed by atoms with E-state index in [-0.39, 0.29) is 0 Å². The number of benzene rings is 4. The summed E-state index contributed by atoms with van der Waals surface area (Å²) >= 11 is 0. The predicted octanol–water partition coefficient (Wildman–Crippen LogP) is 4.92. The molecule has 0 amide bonds. The van der Waals surface area contributed by atoms with E-state index in [9.17, 15) is 10.0 Å². The molecule has 0 saturated heterocycles. The van der Waals surface area contributed by atoms with Crippen LogP contribution >= 0.6 is 0 Å². The second-order valence-corrected chi connectivity index (χ2v) is 7.55. The monoisotopic (exact) mass is 401 g/mol. The lowest BCUT2D eigenvalue weighted by molar-refractivity contribution is 0.426. The largest absolute Gasteiger partial charge is 0.488 e. The van der Waals surface area contributed by atoms with Gasteiger partial charge in [-0.1, -0.05) is 91.0 Å². The topological polar surface area (TPSA) is 53.4 Å². The second-order valence-electron chi connectivity index (χ2n) is 7.55. The number of nitrogens with zero attached hydrogens (tertiary/aromatic N) is 1. The minimum Gasteiger partial charge on any atom is -0.423 e. The highest BCUT2D eigenvalue weighted by Crippen LogP contribution is 2.31. The summed E-state index contributed by atoms with van der Waals surface area (Å²) in [6.07, 6.45) is 0. The summed E-state index contributed by atoms with van der Waals surface area (Å²) in [7, 11) is -1.47. The highest BCUT2D eigenvalue weighted by atomic mass is 16.4. The molecule has 0 aliphatic carbocycles. The fraction of sp³-hybridized carbons (Fsp3) is 0. The minimum atomic E-state index is -1.47. The van der Waals surface area contributed by atoms with Gasteiger partial charge in [-0.25, -0.2) is 4.98 Å². The van der Waals surface area contributed by atoms with E-state index in [0.717, 1.165) is 33.6 Å². The Hall–Kier alpha value is -3.73. The molecule has 0 fully saturated rings. The van der Waals surface area contributed by atoms with E-state index < -0.39 is 7.12 Å². The van der Waals surface area contributed by atoms with E-state index >= 15 is 0 Å². The van der Waals surface area contributed by atoms with E-state index in [0.29, 0.717) is 5.46 Å². The summed E-state index contributed by atoms with van der Waals surface area (Å²) in [5.74, 6) is 0. The number of hydrogen-bond donors (Lipinski definition) is 2. The van der Waals surface area contributed by atoms with Crippen molar-refractivity contribution in [3.63, 3.8) is 0 Å². The first kappa shape index (κ1) is 19.3. The fourth-order valence-electron chi connectivity index (χ4n) is 3.80. The van der Waals surface area contributed by atoms with Crippen LogP contribution in [0, 0.1) is 0 Å². The van der Waals surface area contributed by atoms with Crippen LogP contribution in [0.1, 0.15) is 0 Å². The molecule has 4 aromatic carbocycles. The Balaban J connectivity index is 1.67. The normalized spacial score (nSPS) is 10.9. The SMILES string of the molecule is OB(O)c1ccc(-c2cc(-c3ccccc3)nc(-c3ccc4ccccc4c3)c2)cc1. The quantitative estimate of drug-likeness (QED) is 0.421. The van der Waals surface area contributed by atoms with Crippen molar-refractivity contribution >= 4 is 23.4 Å². The Kier molecular flexibility index (Phi) is 5.09. The van der Waals surface area contributed by atoms with Gasteiger partial charge in [0, 0.05) is 11.1 Å². The highest BCUT2D eigenvalue weighted by Gasteiger charge is 2.12. The van der Waals surface area contributed by atoms with Crippen molar-refractivity contribution in [3.05, 3.63) is 109 Å². The smallest absolute Gasteiger partial charge is 0.423 e. The van der Waals surface area contributed by atoms with Crippen LogP contribution in [-0.2, 0) is 0 Å². The van der Waals surface area contributed by atoms with E-state index in [1.807, 2.05) is 42.5 Å². The summed E-state index contributed by atoms with van der Waals surface area (Å²) < 4.78 is 0. The maximum absolute atomic E-state index is 9.40. The number of hydrogen-bond acceptors (Lipinski definition) is 3. The minimum absolute atomic E-state index is 0.468. The van der Waals surface area contributed by atoms with E-state index in [1.165, 1.54) is 10.8 Å². The number of fused-ring (bicyclic) bond motifs is 1. The van der Waals surface area contributed by atoms with Gasteiger partial charge >= 0.3 is 7.12 Å². The first-order valence-corrected chi connectivity index (χ1v) is 10.2. The first-order chi connectivity index (χ1) is 15.2. The molecule has 1 heterocycles. The van der Waals surface area contributed by atoms with Gasteiger partial charge in [-0.15, -0.1) is 0 Å². The van der Waals surface area contributed by atoms with Gasteiger partial charge in [-0.3, -0.25) is 0 Å². The number of aromatic nitrogens is 1. The van der Waals surface area contributed by atoms with Crippen molar-refractivity contribution in [2.45, 2.75) is 0 Å². The Labute approximate surface area is 181 Å². The molecule has 0 unspecified atom stereocenters. The van der Waals surface area contributed by atoms with Crippen LogP contribution in [0.25, 0.3) is 44.4 Å². The average molecular weight is 401 g/mol. The molecule has 5 rings (SSSR count). The van der Waals surface area contributed by atoms with Crippen LogP contribution in [0.5, 0.6) is 0 Å². The molecule has 0 radical (unpaired) electrons. The zero-order valence-electron chi connectivity index (χ0n) is 16.8. The van der Waals surface area contributed by atoms with Crippen molar-refractivity contribution in [1.29, 1.82) is 0 Å². The lowest BCUT2D eigenvalue weighted by atomic mass is 9.80. The van der Waals surface area contributed by atoms with Crippen molar-refractivity contribution in [1.82, 2.24) is 4.98 Å². The van der Waals surface area contributed by atoms with Gasteiger partial charge < -0.3 is 10.0 Å². The lowest BCUT2D eigenvalue weighted by Crippen LogP contribution is -2.29. The van der Waals surface area contributed by atoms with Crippen LogP contribution in [0.3, 0.4) is 0 Å². The maximum atomic E-state index is 9.40. The molecular formula is C27H20BNO2. The molecule has 1 aromatic heterocycles. The molecule has 0 spiro atoms. The van der Waals surface area contributed by atoms with Crippen molar-refractivity contribution in [2.75, 3.05) is 0 Å². The molecule has 4 heteroatoms. The molecule has 0 saturated carbocycles. The molecule has 3 nitrogen and oxygen atoms in total. The van der Waals surface area contributed by atoms with Crippen LogP contribution in [-0.4, -0.2) is 22.2 Å². The Morgan fingerprint density at radius 3 is 1.81 bits per heavy atom. The second kappa shape index (κ2) is 8.19.